The summed E-state index contributed by atoms with van der Waals surface area (Å²) in [7, 11) is 0. The second-order valence-corrected chi connectivity index (χ2v) is 16.3. The number of amides is 1. The Morgan fingerprint density at radius 1 is 0.493 bits per heavy atom. The molecule has 13 heteroatoms. The van der Waals surface area contributed by atoms with E-state index in [9.17, 15) is 9.59 Å². The van der Waals surface area contributed by atoms with Crippen LogP contribution in [0, 0.1) is 0 Å². The van der Waals surface area contributed by atoms with E-state index in [-0.39, 0.29) is 11.1 Å². The molecule has 0 aliphatic carbocycles. The lowest BCUT2D eigenvalue weighted by molar-refractivity contribution is -0.114. The van der Waals surface area contributed by atoms with Crippen molar-refractivity contribution >= 4 is 67.3 Å². The fraction of sp³-hybridized carbons (Fsp3) is 0.0714. The largest absolute Gasteiger partial charge is 0.397 e. The van der Waals surface area contributed by atoms with E-state index in [1.54, 1.807) is 24.8 Å². The first-order chi connectivity index (χ1) is 33.7. The van der Waals surface area contributed by atoms with Crippen molar-refractivity contribution in [1.82, 2.24) is 30.4 Å². The number of nitrogens with one attached hydrogen (secondary N) is 3. The number of aromatic nitrogens is 6. The molecule has 0 atom stereocenters. The number of fused-ring (bicyclic) bond motifs is 2. The number of anilines is 4. The van der Waals surface area contributed by atoms with Crippen LogP contribution in [-0.2, 0) is 22.7 Å². The molecule has 4 heterocycles. The Morgan fingerprint density at radius 3 is 1.35 bits per heavy atom. The average Bonchev–Trinajstić information content (AvgIpc) is 3.38. The highest BCUT2D eigenvalue weighted by atomic mass is 35.5. The van der Waals surface area contributed by atoms with Gasteiger partial charge in [0.05, 0.1) is 17.6 Å². The topological polar surface area (TPSA) is 174 Å². The fourth-order valence-corrected chi connectivity index (χ4v) is 7.80. The monoisotopic (exact) mass is 926 g/mol. The zero-order valence-electron chi connectivity index (χ0n) is 37.8. The van der Waals surface area contributed by atoms with Crippen molar-refractivity contribution in [3.63, 3.8) is 0 Å². The maximum Gasteiger partial charge on any atom is 0.221 e. The van der Waals surface area contributed by atoms with E-state index < -0.39 is 0 Å². The van der Waals surface area contributed by atoms with Gasteiger partial charge in [-0.05, 0) is 57.1 Å². The van der Waals surface area contributed by atoms with Gasteiger partial charge in [-0.25, -0.2) is 0 Å². The molecule has 5 N–H and O–H groups in total. The average molecular weight is 928 g/mol. The molecule has 0 bridgehead atoms. The Labute approximate surface area is 404 Å². The van der Waals surface area contributed by atoms with Gasteiger partial charge in [0, 0.05) is 78.2 Å². The highest BCUT2D eigenvalue weighted by molar-refractivity contribution is 6.62. The van der Waals surface area contributed by atoms with Crippen molar-refractivity contribution in [2.24, 2.45) is 0 Å². The molecule has 0 saturated heterocycles. The Hall–Kier alpha value is -8.87. The van der Waals surface area contributed by atoms with E-state index in [0.717, 1.165) is 72.0 Å². The quantitative estimate of drug-likeness (QED) is 0.0909. The van der Waals surface area contributed by atoms with E-state index in [1.807, 2.05) is 97.1 Å². The van der Waals surface area contributed by atoms with Crippen molar-refractivity contribution in [1.29, 1.82) is 0 Å². The lowest BCUT2D eigenvalue weighted by atomic mass is 9.96. The summed E-state index contributed by atoms with van der Waals surface area (Å²) in [5.74, 6) is 1.31. The number of halogens is 1. The summed E-state index contributed by atoms with van der Waals surface area (Å²) in [6, 6.07) is 57.2. The molecule has 0 unspecified atom stereocenters. The van der Waals surface area contributed by atoms with Crippen molar-refractivity contribution in [2.45, 2.75) is 26.9 Å². The number of carbonyl (C=O) groups is 2. The number of hydrogen-bond donors (Lipinski definition) is 4. The molecular weight excluding hydrogens is 880 g/mol. The molecule has 12 nitrogen and oxygen atoms in total. The van der Waals surface area contributed by atoms with Gasteiger partial charge in [0.2, 0.25) is 11.1 Å². The maximum absolute atomic E-state index is 11.5. The number of pyridine rings is 2. The molecule has 4 aromatic heterocycles. The predicted molar refractivity (Wildman–Crippen MR) is 279 cm³/mol. The molecule has 0 aliphatic heterocycles. The van der Waals surface area contributed by atoms with Gasteiger partial charge in [0.1, 0.15) is 11.4 Å². The van der Waals surface area contributed by atoms with E-state index >= 15 is 0 Å². The molecule has 1 amide bonds. The second kappa shape index (κ2) is 22.6. The minimum Gasteiger partial charge on any atom is -0.397 e. The minimum absolute atomic E-state index is 0.151. The van der Waals surface area contributed by atoms with Crippen molar-refractivity contribution < 1.29 is 9.59 Å². The Balaban J connectivity index is 0.000000173. The van der Waals surface area contributed by atoms with Gasteiger partial charge in [-0.15, -0.1) is 20.4 Å². The van der Waals surface area contributed by atoms with Gasteiger partial charge in [0.15, 0.2) is 11.6 Å². The van der Waals surface area contributed by atoms with Gasteiger partial charge in [-0.1, -0.05) is 158 Å². The number of rotatable bonds is 11. The third-order valence-corrected chi connectivity index (χ3v) is 10.8. The summed E-state index contributed by atoms with van der Waals surface area (Å²) >= 11 is 4.64. The summed E-state index contributed by atoms with van der Waals surface area (Å²) in [4.78, 5) is 29.3. The SMILES string of the molecule is CC(=O)Cl.CC(=O)Nc1cncc(-c2nnc(NCc3ccccc3)c3c(-c4ccccc4)cccc23)c1.Nc1cncc(-c2nnc(NCc3ccccc3)c3c(-c4ccccc4)cccc23)c1. The number of benzene rings is 6. The lowest BCUT2D eigenvalue weighted by Gasteiger charge is -2.15. The van der Waals surface area contributed by atoms with Crippen molar-refractivity contribution in [3.05, 3.63) is 206 Å². The van der Waals surface area contributed by atoms with Crippen molar-refractivity contribution in [2.75, 3.05) is 21.7 Å². The van der Waals surface area contributed by atoms with Crippen molar-refractivity contribution in [3.8, 4) is 44.8 Å². The maximum atomic E-state index is 11.5. The molecule has 0 fully saturated rings. The van der Waals surface area contributed by atoms with Crippen LogP contribution in [0.4, 0.5) is 23.0 Å². The molecule has 0 spiro atoms. The number of nitrogens with two attached hydrogens (primary N) is 1. The van der Waals surface area contributed by atoms with Gasteiger partial charge < -0.3 is 21.7 Å². The van der Waals surface area contributed by atoms with Crippen LogP contribution in [0.2, 0.25) is 0 Å². The highest BCUT2D eigenvalue weighted by Gasteiger charge is 2.18. The molecule has 340 valence electrons. The zero-order valence-corrected chi connectivity index (χ0v) is 38.6. The first kappa shape index (κ1) is 46.7. The van der Waals surface area contributed by atoms with Crippen LogP contribution in [-0.4, -0.2) is 41.5 Å². The van der Waals surface area contributed by atoms with Gasteiger partial charge in [0.25, 0.3) is 0 Å². The number of nitrogen functional groups attached to an aromatic ring is 1. The Bertz CT molecular complexity index is 3340. The van der Waals surface area contributed by atoms with E-state index in [0.29, 0.717) is 36.0 Å². The summed E-state index contributed by atoms with van der Waals surface area (Å²) in [6.45, 7) is 4.06. The molecular formula is C56H47ClN10O2. The summed E-state index contributed by atoms with van der Waals surface area (Å²) in [6.07, 6.45) is 6.75. The van der Waals surface area contributed by atoms with Crippen LogP contribution in [0.3, 0.4) is 0 Å². The first-order valence-electron chi connectivity index (χ1n) is 22.1. The van der Waals surface area contributed by atoms with Crippen LogP contribution < -0.4 is 21.7 Å². The van der Waals surface area contributed by atoms with Gasteiger partial charge in [-0.3, -0.25) is 19.6 Å². The van der Waals surface area contributed by atoms with Gasteiger partial charge in [-0.2, -0.15) is 0 Å². The van der Waals surface area contributed by atoms with Crippen LogP contribution in [0.25, 0.3) is 66.3 Å². The third-order valence-electron chi connectivity index (χ3n) is 10.8. The number of nitrogens with zero attached hydrogens (tertiary/aromatic N) is 6. The van der Waals surface area contributed by atoms with E-state index in [1.165, 1.54) is 19.4 Å². The minimum atomic E-state index is -0.361. The number of hydrogen-bond acceptors (Lipinski definition) is 11. The lowest BCUT2D eigenvalue weighted by Crippen LogP contribution is -2.07. The summed E-state index contributed by atoms with van der Waals surface area (Å²) in [5.41, 5.74) is 17.0. The molecule has 0 aliphatic rings. The molecule has 69 heavy (non-hydrogen) atoms. The Kier molecular flexibility index (Phi) is 15.2. The third kappa shape index (κ3) is 11.9. The first-order valence-corrected chi connectivity index (χ1v) is 22.4. The highest BCUT2D eigenvalue weighted by Crippen LogP contribution is 2.39. The Morgan fingerprint density at radius 2 is 0.913 bits per heavy atom. The molecule has 10 rings (SSSR count). The summed E-state index contributed by atoms with van der Waals surface area (Å²) < 4.78 is 0. The number of carbonyl (C=O) groups excluding carboxylic acids is 2. The predicted octanol–water partition coefficient (Wildman–Crippen LogP) is 12.3. The van der Waals surface area contributed by atoms with Crippen LogP contribution >= 0.6 is 11.6 Å². The van der Waals surface area contributed by atoms with E-state index in [4.69, 9.17) is 5.73 Å². The normalized spacial score (nSPS) is 10.5. The fourth-order valence-electron chi connectivity index (χ4n) is 7.80. The molecule has 0 saturated carbocycles. The van der Waals surface area contributed by atoms with E-state index in [2.05, 4.69) is 131 Å². The summed E-state index contributed by atoms with van der Waals surface area (Å²) in [5, 5.41) is 31.7. The van der Waals surface area contributed by atoms with Crippen LogP contribution in [0.15, 0.2) is 195 Å². The zero-order chi connectivity index (χ0) is 48.0. The molecule has 0 radical (unpaired) electrons. The molecule has 6 aromatic carbocycles. The molecule has 10 aromatic rings. The smallest absolute Gasteiger partial charge is 0.221 e. The second-order valence-electron chi connectivity index (χ2n) is 15.8. The van der Waals surface area contributed by atoms with Crippen LogP contribution in [0.1, 0.15) is 25.0 Å². The van der Waals surface area contributed by atoms with Crippen LogP contribution in [0.5, 0.6) is 0 Å². The standard InChI is InChI=1S/C28H23N5O.C26H21N5.C2H3ClO/c1-19(34)31-23-15-22(17-29-18-23)27-25-14-8-13-24(21-11-6-3-7-12-21)26(25)28(33-32-27)30-16-20-9-4-2-5-10-20;27-21-14-20(16-28-17-21)25-23-13-7-12-22(19-10-5-2-6-11-19)24(23)26(31-30-25)29-15-18-8-3-1-4-9-18;1-2(3)4/h2-15,17-18H,16H2,1H3,(H,30,33)(H,31,34);1-14,16-17H,15,27H2,(H,29,31);1H3. The van der Waals surface area contributed by atoms with Gasteiger partial charge >= 0.3 is 0 Å².